The Morgan fingerprint density at radius 3 is 2.44 bits per heavy atom. The van der Waals surface area contributed by atoms with Crippen LogP contribution in [0.5, 0.6) is 0 Å². The van der Waals surface area contributed by atoms with Crippen LogP contribution in [0, 0.1) is 11.8 Å². The molecular weight excluding hydrogens is 204 g/mol. The molecule has 0 saturated heterocycles. The number of carbonyl (C=O) groups excluding carboxylic acids is 1. The molecule has 16 heavy (non-hydrogen) atoms. The number of hydrogen-bond acceptors (Lipinski definition) is 2. The quantitative estimate of drug-likeness (QED) is 0.667. The molecule has 1 saturated carbocycles. The van der Waals surface area contributed by atoms with E-state index in [0.29, 0.717) is 12.5 Å². The topological polar surface area (TPSA) is 61.4 Å². The predicted molar refractivity (Wildman–Crippen MR) is 64.2 cm³/mol. The van der Waals surface area contributed by atoms with Crippen LogP contribution in [-0.4, -0.2) is 29.8 Å². The predicted octanol–water partition coefficient (Wildman–Crippen LogP) is 1.49. The third-order valence-electron chi connectivity index (χ3n) is 3.46. The number of hydrogen-bond donors (Lipinski definition) is 3. The van der Waals surface area contributed by atoms with Crippen molar-refractivity contribution in [3.8, 4) is 0 Å². The minimum absolute atomic E-state index is 0.167. The van der Waals surface area contributed by atoms with E-state index in [4.69, 9.17) is 0 Å². The second-order valence-corrected chi connectivity index (χ2v) is 5.15. The van der Waals surface area contributed by atoms with Crippen molar-refractivity contribution in [2.45, 2.75) is 52.2 Å². The van der Waals surface area contributed by atoms with Gasteiger partial charge in [0.05, 0.1) is 6.10 Å². The molecule has 94 valence electrons. The molecule has 0 spiro atoms. The van der Waals surface area contributed by atoms with Crippen molar-refractivity contribution in [1.29, 1.82) is 0 Å². The van der Waals surface area contributed by atoms with Gasteiger partial charge in [0.15, 0.2) is 0 Å². The van der Waals surface area contributed by atoms with E-state index in [2.05, 4.69) is 10.6 Å². The highest BCUT2D eigenvalue weighted by Crippen LogP contribution is 2.29. The molecule has 0 aromatic heterocycles. The largest absolute Gasteiger partial charge is 0.391 e. The summed E-state index contributed by atoms with van der Waals surface area (Å²) in [6.07, 6.45) is 3.25. The standard InChI is InChI=1S/C12H24N2O2/c1-8(2)11(15)7-13-12(16)14-9(3)10-5-4-6-10/h8-11,15H,4-7H2,1-3H3,(H2,13,14,16). The smallest absolute Gasteiger partial charge is 0.315 e. The lowest BCUT2D eigenvalue weighted by atomic mass is 9.80. The van der Waals surface area contributed by atoms with Gasteiger partial charge in [0.1, 0.15) is 0 Å². The first-order valence-corrected chi connectivity index (χ1v) is 6.23. The van der Waals surface area contributed by atoms with Crippen molar-refractivity contribution in [2.75, 3.05) is 6.54 Å². The van der Waals surface area contributed by atoms with Crippen LogP contribution in [0.3, 0.4) is 0 Å². The Morgan fingerprint density at radius 2 is 2.00 bits per heavy atom. The van der Waals surface area contributed by atoms with Gasteiger partial charge >= 0.3 is 6.03 Å². The van der Waals surface area contributed by atoms with Gasteiger partial charge in [-0.05, 0) is 31.6 Å². The SMILES string of the molecule is CC(C)C(O)CNC(=O)NC(C)C1CCC1. The van der Waals surface area contributed by atoms with E-state index in [9.17, 15) is 9.90 Å². The number of urea groups is 1. The minimum atomic E-state index is -0.468. The van der Waals surface area contributed by atoms with Gasteiger partial charge < -0.3 is 15.7 Å². The Labute approximate surface area is 97.8 Å². The van der Waals surface area contributed by atoms with Crippen LogP contribution in [0.25, 0.3) is 0 Å². The normalized spacial score (nSPS) is 20.1. The maximum atomic E-state index is 11.5. The lowest BCUT2D eigenvalue weighted by Crippen LogP contribution is -2.47. The molecule has 1 fully saturated rings. The summed E-state index contributed by atoms with van der Waals surface area (Å²) >= 11 is 0. The van der Waals surface area contributed by atoms with Gasteiger partial charge in [-0.3, -0.25) is 0 Å². The van der Waals surface area contributed by atoms with E-state index >= 15 is 0 Å². The van der Waals surface area contributed by atoms with Crippen LogP contribution in [0.1, 0.15) is 40.0 Å². The van der Waals surface area contributed by atoms with Crippen LogP contribution in [0.4, 0.5) is 4.79 Å². The third kappa shape index (κ3) is 4.00. The molecule has 1 rings (SSSR count). The molecule has 2 amide bonds. The molecule has 0 bridgehead atoms. The summed E-state index contributed by atoms with van der Waals surface area (Å²) in [6.45, 7) is 6.23. The Morgan fingerprint density at radius 1 is 1.38 bits per heavy atom. The van der Waals surface area contributed by atoms with Gasteiger partial charge in [0, 0.05) is 12.6 Å². The molecule has 3 N–H and O–H groups in total. The molecule has 0 heterocycles. The summed E-state index contributed by atoms with van der Waals surface area (Å²) in [5, 5.41) is 15.1. The zero-order valence-electron chi connectivity index (χ0n) is 10.5. The molecule has 1 aliphatic rings. The van der Waals surface area contributed by atoms with Crippen molar-refractivity contribution in [2.24, 2.45) is 11.8 Å². The summed E-state index contributed by atoms with van der Waals surface area (Å²) in [7, 11) is 0. The van der Waals surface area contributed by atoms with Crippen molar-refractivity contribution >= 4 is 6.03 Å². The van der Waals surface area contributed by atoms with Crippen LogP contribution in [0.15, 0.2) is 0 Å². The van der Waals surface area contributed by atoms with Gasteiger partial charge in [0.2, 0.25) is 0 Å². The average molecular weight is 228 g/mol. The molecule has 4 heteroatoms. The number of nitrogens with one attached hydrogen (secondary N) is 2. The lowest BCUT2D eigenvalue weighted by molar-refractivity contribution is 0.124. The molecule has 0 radical (unpaired) electrons. The Balaban J connectivity index is 2.14. The van der Waals surface area contributed by atoms with E-state index in [1.54, 1.807) is 0 Å². The van der Waals surface area contributed by atoms with Gasteiger partial charge in [-0.15, -0.1) is 0 Å². The Hall–Kier alpha value is -0.770. The second kappa shape index (κ2) is 6.09. The van der Waals surface area contributed by atoms with Gasteiger partial charge in [-0.25, -0.2) is 4.79 Å². The van der Waals surface area contributed by atoms with Gasteiger partial charge in [0.25, 0.3) is 0 Å². The molecule has 0 aromatic carbocycles. The van der Waals surface area contributed by atoms with Crippen molar-refractivity contribution < 1.29 is 9.90 Å². The number of carbonyl (C=O) groups is 1. The summed E-state index contributed by atoms with van der Waals surface area (Å²) in [4.78, 5) is 11.5. The summed E-state index contributed by atoms with van der Waals surface area (Å²) in [6, 6.07) is 0.0732. The van der Waals surface area contributed by atoms with Crippen LogP contribution >= 0.6 is 0 Å². The number of aliphatic hydroxyl groups is 1. The summed E-state index contributed by atoms with van der Waals surface area (Å²) in [5.74, 6) is 0.810. The van der Waals surface area contributed by atoms with Crippen LogP contribution in [0.2, 0.25) is 0 Å². The summed E-state index contributed by atoms with van der Waals surface area (Å²) < 4.78 is 0. The lowest BCUT2D eigenvalue weighted by Gasteiger charge is -2.32. The zero-order chi connectivity index (χ0) is 12.1. The summed E-state index contributed by atoms with van der Waals surface area (Å²) in [5.41, 5.74) is 0. The van der Waals surface area contributed by atoms with Crippen LogP contribution < -0.4 is 10.6 Å². The molecule has 1 aliphatic carbocycles. The first-order chi connectivity index (χ1) is 7.50. The first kappa shape index (κ1) is 13.3. The molecule has 4 nitrogen and oxygen atoms in total. The van der Waals surface area contributed by atoms with Crippen molar-refractivity contribution in [1.82, 2.24) is 10.6 Å². The fraction of sp³-hybridized carbons (Fsp3) is 0.917. The Bertz CT molecular complexity index is 227. The molecule has 2 unspecified atom stereocenters. The molecule has 2 atom stereocenters. The number of rotatable bonds is 5. The van der Waals surface area contributed by atoms with E-state index in [0.717, 1.165) is 0 Å². The third-order valence-corrected chi connectivity index (χ3v) is 3.46. The second-order valence-electron chi connectivity index (χ2n) is 5.15. The van der Waals surface area contributed by atoms with Gasteiger partial charge in [-0.1, -0.05) is 20.3 Å². The van der Waals surface area contributed by atoms with Gasteiger partial charge in [-0.2, -0.15) is 0 Å². The first-order valence-electron chi connectivity index (χ1n) is 6.23. The molecule has 0 aromatic rings. The fourth-order valence-corrected chi connectivity index (χ4v) is 1.75. The van der Waals surface area contributed by atoms with E-state index < -0.39 is 6.10 Å². The highest BCUT2D eigenvalue weighted by Gasteiger charge is 2.25. The Kier molecular flexibility index (Phi) is 5.06. The maximum Gasteiger partial charge on any atom is 0.315 e. The zero-order valence-corrected chi connectivity index (χ0v) is 10.5. The minimum Gasteiger partial charge on any atom is -0.391 e. The average Bonchev–Trinajstić information content (AvgIpc) is 2.10. The molecular formula is C12H24N2O2. The monoisotopic (exact) mass is 228 g/mol. The maximum absolute atomic E-state index is 11.5. The van der Waals surface area contributed by atoms with E-state index in [1.165, 1.54) is 19.3 Å². The highest BCUT2D eigenvalue weighted by atomic mass is 16.3. The number of amides is 2. The molecule has 0 aliphatic heterocycles. The van der Waals surface area contributed by atoms with Crippen molar-refractivity contribution in [3.05, 3.63) is 0 Å². The fourth-order valence-electron chi connectivity index (χ4n) is 1.75. The highest BCUT2D eigenvalue weighted by molar-refractivity contribution is 5.74. The number of aliphatic hydroxyl groups excluding tert-OH is 1. The van der Waals surface area contributed by atoms with Crippen LogP contribution in [-0.2, 0) is 0 Å². The van der Waals surface area contributed by atoms with Crippen molar-refractivity contribution in [3.63, 3.8) is 0 Å². The van der Waals surface area contributed by atoms with E-state index in [-0.39, 0.29) is 18.0 Å². The van der Waals surface area contributed by atoms with E-state index in [1.807, 2.05) is 20.8 Å².